The van der Waals surface area contributed by atoms with E-state index in [0.29, 0.717) is 22.2 Å². The largest absolute Gasteiger partial charge is 0.463 e. The molecule has 148 valence electrons. The molecule has 1 aromatic heterocycles. The highest BCUT2D eigenvalue weighted by molar-refractivity contribution is 7.99. The highest BCUT2D eigenvalue weighted by atomic mass is 32.2. The molecule has 0 aliphatic heterocycles. The minimum Gasteiger partial charge on any atom is -0.463 e. The highest BCUT2D eigenvalue weighted by Crippen LogP contribution is 2.33. The summed E-state index contributed by atoms with van der Waals surface area (Å²) in [6.45, 7) is 1.92. The van der Waals surface area contributed by atoms with E-state index in [4.69, 9.17) is 4.42 Å². The number of hydrogen-bond donors (Lipinski definition) is 1. The summed E-state index contributed by atoms with van der Waals surface area (Å²) in [5.74, 6) is -0.320. The normalized spacial score (nSPS) is 11.1. The second-order valence-corrected chi connectivity index (χ2v) is 7.87. The molecule has 0 fully saturated rings. The van der Waals surface area contributed by atoms with Gasteiger partial charge >= 0.3 is 0 Å². The van der Waals surface area contributed by atoms with Crippen LogP contribution in [0.5, 0.6) is 0 Å². The number of anilines is 1. The Kier molecular flexibility index (Phi) is 5.82. The van der Waals surface area contributed by atoms with Crippen LogP contribution in [0.2, 0.25) is 0 Å². The van der Waals surface area contributed by atoms with Gasteiger partial charge in [0.2, 0.25) is 5.91 Å². The van der Waals surface area contributed by atoms with Gasteiger partial charge in [-0.25, -0.2) is 0 Å². The molecule has 4 rings (SSSR count). The molecule has 0 saturated heterocycles. The molecule has 0 aliphatic carbocycles. The van der Waals surface area contributed by atoms with E-state index in [1.54, 1.807) is 23.9 Å². The van der Waals surface area contributed by atoms with Crippen LogP contribution in [0.4, 0.5) is 5.69 Å². The van der Waals surface area contributed by atoms with E-state index in [-0.39, 0.29) is 11.3 Å². The fourth-order valence-corrected chi connectivity index (χ4v) is 3.91. The van der Waals surface area contributed by atoms with Crippen LogP contribution in [0.3, 0.4) is 0 Å². The maximum Gasteiger partial charge on any atom is 0.248 e. The SMILES string of the molecule is Cc1ccc2occ(/C=C/C(=O)Nc3ccccc3Sc3ccccc3)c(=O)c2c1. The average Bonchev–Trinajstić information content (AvgIpc) is 2.76. The molecule has 4 nitrogen and oxygen atoms in total. The van der Waals surface area contributed by atoms with Crippen molar-refractivity contribution in [3.8, 4) is 0 Å². The lowest BCUT2D eigenvalue weighted by Gasteiger charge is -2.09. The summed E-state index contributed by atoms with van der Waals surface area (Å²) in [6, 6.07) is 23.0. The van der Waals surface area contributed by atoms with Crippen LogP contribution < -0.4 is 10.7 Å². The first-order valence-electron chi connectivity index (χ1n) is 9.43. The molecule has 0 spiro atoms. The maximum atomic E-state index is 12.7. The summed E-state index contributed by atoms with van der Waals surface area (Å²) < 4.78 is 5.53. The van der Waals surface area contributed by atoms with Gasteiger partial charge in [0.05, 0.1) is 16.6 Å². The molecule has 0 radical (unpaired) electrons. The first kappa shape index (κ1) is 19.7. The van der Waals surface area contributed by atoms with E-state index in [2.05, 4.69) is 5.32 Å². The molecule has 30 heavy (non-hydrogen) atoms. The number of rotatable bonds is 5. The zero-order valence-electron chi connectivity index (χ0n) is 16.3. The van der Waals surface area contributed by atoms with Gasteiger partial charge in [-0.2, -0.15) is 0 Å². The Hall–Kier alpha value is -3.57. The number of para-hydroxylation sites is 1. The van der Waals surface area contributed by atoms with E-state index >= 15 is 0 Å². The number of carbonyl (C=O) groups is 1. The van der Waals surface area contributed by atoms with Gasteiger partial charge in [-0.1, -0.05) is 53.7 Å². The number of carbonyl (C=O) groups excluding carboxylic acids is 1. The molecule has 5 heteroatoms. The molecule has 1 heterocycles. The van der Waals surface area contributed by atoms with Crippen molar-refractivity contribution in [3.63, 3.8) is 0 Å². The third-order valence-corrected chi connectivity index (χ3v) is 5.57. The number of aryl methyl sites for hydroxylation is 1. The predicted octanol–water partition coefficient (Wildman–Crippen LogP) is 5.90. The molecular formula is C25H19NO3S. The van der Waals surface area contributed by atoms with Crippen molar-refractivity contribution in [1.82, 2.24) is 0 Å². The van der Waals surface area contributed by atoms with E-state index in [1.807, 2.05) is 67.6 Å². The number of nitrogens with one attached hydrogen (secondary N) is 1. The van der Waals surface area contributed by atoms with Crippen molar-refractivity contribution in [3.05, 3.63) is 106 Å². The number of benzene rings is 3. The van der Waals surface area contributed by atoms with Crippen molar-refractivity contribution in [1.29, 1.82) is 0 Å². The van der Waals surface area contributed by atoms with Crippen LogP contribution in [-0.4, -0.2) is 5.91 Å². The summed E-state index contributed by atoms with van der Waals surface area (Å²) in [7, 11) is 0. The molecule has 0 bridgehead atoms. The summed E-state index contributed by atoms with van der Waals surface area (Å²) in [4.78, 5) is 27.2. The first-order valence-corrected chi connectivity index (χ1v) is 10.2. The Morgan fingerprint density at radius 3 is 2.60 bits per heavy atom. The van der Waals surface area contributed by atoms with Gasteiger partial charge in [0.15, 0.2) is 5.43 Å². The van der Waals surface area contributed by atoms with Gasteiger partial charge in [0.1, 0.15) is 11.8 Å². The molecule has 0 unspecified atom stereocenters. The Morgan fingerprint density at radius 1 is 1.00 bits per heavy atom. The molecule has 0 aliphatic rings. The fourth-order valence-electron chi connectivity index (χ4n) is 2.99. The fraction of sp³-hybridized carbons (Fsp3) is 0.0400. The maximum absolute atomic E-state index is 12.7. The van der Waals surface area contributed by atoms with Crippen molar-refractivity contribution >= 4 is 40.4 Å². The van der Waals surface area contributed by atoms with Gasteiger partial charge in [-0.3, -0.25) is 9.59 Å². The Morgan fingerprint density at radius 2 is 1.77 bits per heavy atom. The quantitative estimate of drug-likeness (QED) is 0.414. The Balaban J connectivity index is 1.53. The lowest BCUT2D eigenvalue weighted by atomic mass is 10.1. The average molecular weight is 413 g/mol. The lowest BCUT2D eigenvalue weighted by Crippen LogP contribution is -2.10. The van der Waals surface area contributed by atoms with E-state index in [0.717, 1.165) is 15.4 Å². The summed E-state index contributed by atoms with van der Waals surface area (Å²) >= 11 is 1.57. The minimum atomic E-state index is -0.320. The van der Waals surface area contributed by atoms with Crippen LogP contribution in [0.1, 0.15) is 11.1 Å². The minimum absolute atomic E-state index is 0.163. The van der Waals surface area contributed by atoms with E-state index in [9.17, 15) is 9.59 Å². The van der Waals surface area contributed by atoms with E-state index < -0.39 is 0 Å². The topological polar surface area (TPSA) is 59.3 Å². The highest BCUT2D eigenvalue weighted by Gasteiger charge is 2.08. The zero-order valence-corrected chi connectivity index (χ0v) is 17.1. The van der Waals surface area contributed by atoms with Crippen LogP contribution >= 0.6 is 11.8 Å². The van der Waals surface area contributed by atoms with Gasteiger partial charge < -0.3 is 9.73 Å². The first-order chi connectivity index (χ1) is 14.6. The number of hydrogen-bond acceptors (Lipinski definition) is 4. The lowest BCUT2D eigenvalue weighted by molar-refractivity contribution is -0.111. The molecule has 0 atom stereocenters. The molecule has 4 aromatic rings. The van der Waals surface area contributed by atoms with Crippen LogP contribution in [0.15, 0.2) is 104 Å². The second-order valence-electron chi connectivity index (χ2n) is 6.75. The summed E-state index contributed by atoms with van der Waals surface area (Å²) in [5, 5.41) is 3.39. The van der Waals surface area contributed by atoms with Crippen molar-refractivity contribution in [2.45, 2.75) is 16.7 Å². The number of fused-ring (bicyclic) bond motifs is 1. The molecular weight excluding hydrogens is 394 g/mol. The van der Waals surface area contributed by atoms with Crippen molar-refractivity contribution in [2.24, 2.45) is 0 Å². The van der Waals surface area contributed by atoms with Gasteiger partial charge in [-0.05, 0) is 49.4 Å². The summed E-state index contributed by atoms with van der Waals surface area (Å²) in [6.07, 6.45) is 4.21. The van der Waals surface area contributed by atoms with Gasteiger partial charge in [-0.15, -0.1) is 0 Å². The Labute approximate surface area is 178 Å². The summed E-state index contributed by atoms with van der Waals surface area (Å²) in [5.41, 5.74) is 2.38. The van der Waals surface area contributed by atoms with Crippen LogP contribution in [0, 0.1) is 6.92 Å². The van der Waals surface area contributed by atoms with Gasteiger partial charge in [0, 0.05) is 15.9 Å². The van der Waals surface area contributed by atoms with Crippen LogP contribution in [-0.2, 0) is 4.79 Å². The van der Waals surface area contributed by atoms with Crippen molar-refractivity contribution in [2.75, 3.05) is 5.32 Å². The molecule has 1 amide bonds. The van der Waals surface area contributed by atoms with Crippen LogP contribution in [0.25, 0.3) is 17.0 Å². The van der Waals surface area contributed by atoms with Gasteiger partial charge in [0.25, 0.3) is 0 Å². The zero-order chi connectivity index (χ0) is 20.9. The standard InChI is InChI=1S/C25H19NO3S/c1-17-11-13-22-20(15-17)25(28)18(16-29-22)12-14-24(27)26-21-9-5-6-10-23(21)30-19-7-3-2-4-8-19/h2-16H,1H3,(H,26,27)/b14-12+. The monoisotopic (exact) mass is 413 g/mol. The molecule has 0 saturated carbocycles. The third-order valence-electron chi connectivity index (χ3n) is 4.48. The molecule has 3 aromatic carbocycles. The second kappa shape index (κ2) is 8.84. The van der Waals surface area contributed by atoms with E-state index in [1.165, 1.54) is 18.4 Å². The smallest absolute Gasteiger partial charge is 0.248 e. The number of amides is 1. The third kappa shape index (κ3) is 4.53. The predicted molar refractivity (Wildman–Crippen MR) is 122 cm³/mol. The Bertz CT molecular complexity index is 1290. The molecule has 1 N–H and O–H groups in total. The van der Waals surface area contributed by atoms with Crippen molar-refractivity contribution < 1.29 is 9.21 Å².